The molecule has 0 saturated carbocycles. The number of benzene rings is 1. The van der Waals surface area contributed by atoms with Gasteiger partial charge in [-0.3, -0.25) is 9.67 Å². The van der Waals surface area contributed by atoms with E-state index in [-0.39, 0.29) is 24.0 Å². The summed E-state index contributed by atoms with van der Waals surface area (Å²) in [5, 5.41) is 7.46. The molecule has 2 rings (SSSR count). The number of aryl methyl sites for hydroxylation is 2. The molecule has 0 fully saturated rings. The molecule has 0 aliphatic carbocycles. The zero-order chi connectivity index (χ0) is 19.9. The van der Waals surface area contributed by atoms with Crippen molar-refractivity contribution in [3.05, 3.63) is 53.3 Å². The molecule has 1 N–H and O–H groups in total. The van der Waals surface area contributed by atoms with Crippen LogP contribution in [-0.4, -0.2) is 40.8 Å². The number of alkyl halides is 3. The van der Waals surface area contributed by atoms with Gasteiger partial charge in [-0.2, -0.15) is 18.3 Å². The van der Waals surface area contributed by atoms with Crippen LogP contribution < -0.4 is 5.32 Å². The zero-order valence-corrected chi connectivity index (χ0v) is 18.7. The summed E-state index contributed by atoms with van der Waals surface area (Å²) >= 11 is 0. The lowest BCUT2D eigenvalue weighted by Crippen LogP contribution is -2.38. The molecule has 0 saturated heterocycles. The summed E-state index contributed by atoms with van der Waals surface area (Å²) in [6, 6.07) is 5.23. The van der Waals surface area contributed by atoms with Gasteiger partial charge in [-0.25, -0.2) is 0 Å². The first kappa shape index (κ1) is 24.3. The Hall–Kier alpha value is -1.78. The first-order valence-corrected chi connectivity index (χ1v) is 8.94. The summed E-state index contributed by atoms with van der Waals surface area (Å²) in [6.07, 6.45) is 0.356. The van der Waals surface area contributed by atoms with Gasteiger partial charge in [0.2, 0.25) is 0 Å². The molecule has 1 heterocycles. The van der Waals surface area contributed by atoms with Crippen molar-refractivity contribution in [3.63, 3.8) is 0 Å². The Bertz CT molecular complexity index is 741. The third-order valence-electron chi connectivity index (χ3n) is 3.97. The number of hydrogen-bond acceptors (Lipinski definition) is 2. The summed E-state index contributed by atoms with van der Waals surface area (Å²) in [4.78, 5) is 6.51. The van der Waals surface area contributed by atoms with Crippen LogP contribution in [0, 0.1) is 6.92 Å². The smallest absolute Gasteiger partial charge is 0.357 e. The van der Waals surface area contributed by atoms with E-state index in [1.165, 1.54) is 12.1 Å². The molecule has 28 heavy (non-hydrogen) atoms. The molecule has 0 aliphatic heterocycles. The molecule has 0 unspecified atom stereocenters. The molecule has 0 spiro atoms. The van der Waals surface area contributed by atoms with Crippen molar-refractivity contribution in [1.82, 2.24) is 20.0 Å². The molecular formula is C19H27F3IN5. The van der Waals surface area contributed by atoms with Gasteiger partial charge in [-0.1, -0.05) is 12.1 Å². The van der Waals surface area contributed by atoms with Crippen molar-refractivity contribution in [2.75, 3.05) is 20.1 Å². The highest BCUT2D eigenvalue weighted by Gasteiger charge is 2.29. The van der Waals surface area contributed by atoms with E-state index < -0.39 is 11.7 Å². The quantitative estimate of drug-likeness (QED) is 0.262. The molecule has 0 atom stereocenters. The first-order chi connectivity index (χ1) is 12.8. The van der Waals surface area contributed by atoms with Gasteiger partial charge in [-0.05, 0) is 43.5 Å². The molecule has 0 bridgehead atoms. The number of aromatic nitrogens is 2. The van der Waals surface area contributed by atoms with Gasteiger partial charge in [-0.15, -0.1) is 24.0 Å². The normalized spacial score (nSPS) is 11.9. The fourth-order valence-electron chi connectivity index (χ4n) is 2.62. The lowest BCUT2D eigenvalue weighted by atomic mass is 10.1. The fourth-order valence-corrected chi connectivity index (χ4v) is 2.62. The average molecular weight is 509 g/mol. The molecule has 1 aromatic heterocycles. The van der Waals surface area contributed by atoms with E-state index in [9.17, 15) is 13.2 Å². The van der Waals surface area contributed by atoms with E-state index in [1.54, 1.807) is 0 Å². The van der Waals surface area contributed by atoms with Gasteiger partial charge in [0.05, 0.1) is 11.8 Å². The van der Waals surface area contributed by atoms with E-state index in [0.717, 1.165) is 42.2 Å². The zero-order valence-electron chi connectivity index (χ0n) is 16.3. The lowest BCUT2D eigenvalue weighted by Gasteiger charge is -2.22. The highest BCUT2D eigenvalue weighted by Crippen LogP contribution is 2.29. The maximum atomic E-state index is 12.7. The van der Waals surface area contributed by atoms with Crippen LogP contribution in [0.5, 0.6) is 0 Å². The number of rotatable bonds is 7. The Balaban J connectivity index is 0.00000392. The average Bonchev–Trinajstić information content (AvgIpc) is 3.02. The molecule has 5 nitrogen and oxygen atoms in total. The van der Waals surface area contributed by atoms with Crippen LogP contribution in [0.4, 0.5) is 13.2 Å². The molecule has 2 aromatic rings. The largest absolute Gasteiger partial charge is 0.416 e. The van der Waals surface area contributed by atoms with Gasteiger partial charge in [0.25, 0.3) is 0 Å². The summed E-state index contributed by atoms with van der Waals surface area (Å²) in [6.45, 7) is 6.60. The maximum absolute atomic E-state index is 12.7. The second-order valence-corrected chi connectivity index (χ2v) is 6.42. The minimum atomic E-state index is -4.31. The van der Waals surface area contributed by atoms with Crippen molar-refractivity contribution in [2.24, 2.45) is 4.99 Å². The number of nitrogens with one attached hydrogen (secondary N) is 1. The highest BCUT2D eigenvalue weighted by molar-refractivity contribution is 14.0. The standard InChI is InChI=1S/C19H26F3N5.HI/c1-4-23-18(24-10-5-11-27-13-15(2)12-25-27)26(3)14-16-6-8-17(9-7-16)19(20,21)22;/h6-9,12-13H,4-5,10-11,14H2,1-3H3,(H,23,24);1H. The van der Waals surface area contributed by atoms with E-state index in [1.807, 2.05) is 42.9 Å². The van der Waals surface area contributed by atoms with Crippen molar-refractivity contribution in [2.45, 2.75) is 39.5 Å². The van der Waals surface area contributed by atoms with Crippen molar-refractivity contribution in [1.29, 1.82) is 0 Å². The lowest BCUT2D eigenvalue weighted by molar-refractivity contribution is -0.137. The first-order valence-electron chi connectivity index (χ1n) is 8.94. The number of nitrogens with zero attached hydrogens (tertiary/aromatic N) is 4. The van der Waals surface area contributed by atoms with Gasteiger partial charge in [0.1, 0.15) is 0 Å². The molecule has 1 aromatic carbocycles. The Morgan fingerprint density at radius 3 is 2.46 bits per heavy atom. The van der Waals surface area contributed by atoms with Crippen LogP contribution in [0.25, 0.3) is 0 Å². The minimum absolute atomic E-state index is 0. The van der Waals surface area contributed by atoms with E-state index in [2.05, 4.69) is 15.4 Å². The summed E-state index contributed by atoms with van der Waals surface area (Å²) < 4.78 is 39.9. The predicted octanol–water partition coefficient (Wildman–Crippen LogP) is 4.32. The van der Waals surface area contributed by atoms with Crippen LogP contribution in [0.3, 0.4) is 0 Å². The predicted molar refractivity (Wildman–Crippen MR) is 116 cm³/mol. The maximum Gasteiger partial charge on any atom is 0.416 e. The van der Waals surface area contributed by atoms with Gasteiger partial charge < -0.3 is 10.2 Å². The van der Waals surface area contributed by atoms with Gasteiger partial charge in [0, 0.05) is 39.4 Å². The number of guanidine groups is 1. The fraction of sp³-hybridized carbons (Fsp3) is 0.474. The van der Waals surface area contributed by atoms with Crippen LogP contribution >= 0.6 is 24.0 Å². The van der Waals surface area contributed by atoms with E-state index in [4.69, 9.17) is 0 Å². The minimum Gasteiger partial charge on any atom is -0.357 e. The van der Waals surface area contributed by atoms with Gasteiger partial charge >= 0.3 is 6.18 Å². The number of aliphatic imine (C=N–C) groups is 1. The van der Waals surface area contributed by atoms with Gasteiger partial charge in [0.15, 0.2) is 5.96 Å². The second kappa shape index (κ2) is 11.3. The van der Waals surface area contributed by atoms with Crippen LogP contribution in [-0.2, 0) is 19.3 Å². The van der Waals surface area contributed by atoms with E-state index >= 15 is 0 Å². The van der Waals surface area contributed by atoms with E-state index in [0.29, 0.717) is 19.6 Å². The molecule has 0 aliphatic rings. The SMILES string of the molecule is CCNC(=NCCCn1cc(C)cn1)N(C)Cc1ccc(C(F)(F)F)cc1.I. The molecule has 0 amide bonds. The van der Waals surface area contributed by atoms with Crippen molar-refractivity contribution in [3.8, 4) is 0 Å². The molecular weight excluding hydrogens is 482 g/mol. The Morgan fingerprint density at radius 2 is 1.93 bits per heavy atom. The summed E-state index contributed by atoms with van der Waals surface area (Å²) in [5.41, 5.74) is 1.29. The Morgan fingerprint density at radius 1 is 1.25 bits per heavy atom. The highest BCUT2D eigenvalue weighted by atomic mass is 127. The van der Waals surface area contributed by atoms with Crippen molar-refractivity contribution < 1.29 is 13.2 Å². The topological polar surface area (TPSA) is 45.5 Å². The Kier molecular flexibility index (Phi) is 9.77. The van der Waals surface area contributed by atoms with Crippen LogP contribution in [0.1, 0.15) is 30.0 Å². The second-order valence-electron chi connectivity index (χ2n) is 6.42. The monoisotopic (exact) mass is 509 g/mol. The molecule has 9 heteroatoms. The third-order valence-corrected chi connectivity index (χ3v) is 3.97. The third kappa shape index (κ3) is 7.69. The summed E-state index contributed by atoms with van der Waals surface area (Å²) in [5.74, 6) is 0.731. The molecule has 0 radical (unpaired) electrons. The number of hydrogen-bond donors (Lipinski definition) is 1. The van der Waals surface area contributed by atoms with Crippen molar-refractivity contribution >= 4 is 29.9 Å². The van der Waals surface area contributed by atoms with Crippen LogP contribution in [0.15, 0.2) is 41.7 Å². The molecule has 156 valence electrons. The summed E-state index contributed by atoms with van der Waals surface area (Å²) in [7, 11) is 1.87. The van der Waals surface area contributed by atoms with Crippen LogP contribution in [0.2, 0.25) is 0 Å². The Labute approximate surface area is 181 Å². The number of halogens is 4.